The van der Waals surface area contributed by atoms with Gasteiger partial charge in [-0.25, -0.2) is 13.4 Å². The Kier molecular flexibility index (Phi) is 6.18. The number of alkyl halides is 2. The lowest BCUT2D eigenvalue weighted by Crippen LogP contribution is -2.41. The lowest BCUT2D eigenvalue weighted by Gasteiger charge is -2.33. The summed E-state index contributed by atoms with van der Waals surface area (Å²) in [6.45, 7) is 0.752. The number of pyridine rings is 1. The van der Waals surface area contributed by atoms with Crippen LogP contribution in [0.2, 0.25) is 5.02 Å². The molecule has 1 aliphatic rings. The minimum Gasteiger partial charge on any atom is -0.472 e. The van der Waals surface area contributed by atoms with Crippen molar-refractivity contribution in [3.63, 3.8) is 0 Å². The van der Waals surface area contributed by atoms with Crippen molar-refractivity contribution >= 4 is 32.8 Å². The van der Waals surface area contributed by atoms with E-state index in [0.717, 1.165) is 6.07 Å². The minimum absolute atomic E-state index is 0.139. The summed E-state index contributed by atoms with van der Waals surface area (Å²) in [6, 6.07) is 6.03. The van der Waals surface area contributed by atoms with Gasteiger partial charge < -0.3 is 9.64 Å². The molecule has 0 radical (unpaired) electrons. The van der Waals surface area contributed by atoms with Crippen molar-refractivity contribution in [2.75, 3.05) is 18.0 Å². The van der Waals surface area contributed by atoms with E-state index in [9.17, 15) is 27.3 Å². The molecular formula is C17H16ClF2N3O5S. The first kappa shape index (κ1) is 21.2. The Morgan fingerprint density at radius 1 is 1.31 bits per heavy atom. The number of benzene rings is 1. The lowest BCUT2D eigenvalue weighted by molar-refractivity contribution is -0.384. The number of piperidine rings is 1. The number of nitro groups is 1. The highest BCUT2D eigenvalue weighted by atomic mass is 35.5. The van der Waals surface area contributed by atoms with Crippen molar-refractivity contribution in [2.45, 2.75) is 29.6 Å². The summed E-state index contributed by atoms with van der Waals surface area (Å²) < 4.78 is 54.6. The van der Waals surface area contributed by atoms with Crippen LogP contribution in [0.15, 0.2) is 41.4 Å². The molecule has 0 aliphatic carbocycles. The number of nitro benzene ring substituents is 1. The van der Waals surface area contributed by atoms with Crippen LogP contribution in [0.3, 0.4) is 0 Å². The van der Waals surface area contributed by atoms with Gasteiger partial charge in [0, 0.05) is 24.9 Å². The predicted molar refractivity (Wildman–Crippen MR) is 101 cm³/mol. The van der Waals surface area contributed by atoms with E-state index in [-0.39, 0.29) is 18.3 Å². The van der Waals surface area contributed by atoms with Crippen LogP contribution in [0.5, 0.6) is 5.88 Å². The molecule has 12 heteroatoms. The Labute approximate surface area is 170 Å². The number of hydrogen-bond donors (Lipinski definition) is 0. The molecule has 1 atom stereocenters. The van der Waals surface area contributed by atoms with Crippen LogP contribution in [0.1, 0.15) is 12.8 Å². The van der Waals surface area contributed by atoms with Gasteiger partial charge in [0.25, 0.3) is 5.69 Å². The summed E-state index contributed by atoms with van der Waals surface area (Å²) in [5, 5.41) is 11.9. The average molecular weight is 448 g/mol. The molecule has 0 saturated carbocycles. The fourth-order valence-electron chi connectivity index (χ4n) is 3.05. The van der Waals surface area contributed by atoms with Gasteiger partial charge >= 0.3 is 5.76 Å². The highest BCUT2D eigenvalue weighted by Gasteiger charge is 2.32. The maximum atomic E-state index is 12.8. The van der Waals surface area contributed by atoms with Crippen LogP contribution in [0, 0.1) is 10.1 Å². The number of aromatic nitrogens is 1. The topological polar surface area (TPSA) is 103 Å². The number of sulfone groups is 1. The van der Waals surface area contributed by atoms with Gasteiger partial charge in [-0.05, 0) is 31.0 Å². The van der Waals surface area contributed by atoms with Crippen molar-refractivity contribution in [2.24, 2.45) is 0 Å². The number of anilines is 1. The maximum Gasteiger partial charge on any atom is 0.341 e. The predicted octanol–water partition coefficient (Wildman–Crippen LogP) is 3.69. The molecular weight excluding hydrogens is 432 g/mol. The van der Waals surface area contributed by atoms with Crippen molar-refractivity contribution in [1.82, 2.24) is 4.98 Å². The average Bonchev–Trinajstić information content (AvgIpc) is 2.69. The van der Waals surface area contributed by atoms with E-state index in [2.05, 4.69) is 4.98 Å². The Hall–Kier alpha value is -2.53. The van der Waals surface area contributed by atoms with E-state index in [1.54, 1.807) is 17.0 Å². The van der Waals surface area contributed by atoms with Gasteiger partial charge in [0.2, 0.25) is 15.7 Å². The molecule has 29 heavy (non-hydrogen) atoms. The van der Waals surface area contributed by atoms with Crippen LogP contribution < -0.4 is 9.64 Å². The lowest BCUT2D eigenvalue weighted by atomic mass is 10.1. The molecule has 1 saturated heterocycles. The molecule has 2 aromatic rings. The van der Waals surface area contributed by atoms with Crippen molar-refractivity contribution in [3.8, 4) is 5.88 Å². The SMILES string of the molecule is O=[N+]([O-])c1cc(S(=O)(=O)C(F)F)ccc1N1CCCC(Oc2ccc(Cl)cn2)C1. The van der Waals surface area contributed by atoms with E-state index in [4.69, 9.17) is 16.3 Å². The largest absolute Gasteiger partial charge is 0.472 e. The summed E-state index contributed by atoms with van der Waals surface area (Å²) in [7, 11) is -4.94. The second kappa shape index (κ2) is 8.46. The van der Waals surface area contributed by atoms with Crippen molar-refractivity contribution < 1.29 is 26.9 Å². The molecule has 1 aromatic heterocycles. The zero-order valence-electron chi connectivity index (χ0n) is 14.9. The van der Waals surface area contributed by atoms with Crippen LogP contribution in [-0.2, 0) is 9.84 Å². The zero-order chi connectivity index (χ0) is 21.2. The van der Waals surface area contributed by atoms with Gasteiger partial charge in [0.1, 0.15) is 11.8 Å². The molecule has 0 spiro atoms. The van der Waals surface area contributed by atoms with E-state index < -0.39 is 31.1 Å². The first-order chi connectivity index (χ1) is 13.7. The van der Waals surface area contributed by atoms with Gasteiger partial charge in [-0.1, -0.05) is 11.6 Å². The number of halogens is 3. The van der Waals surface area contributed by atoms with Gasteiger partial charge in [-0.3, -0.25) is 10.1 Å². The third-order valence-electron chi connectivity index (χ3n) is 4.41. The number of rotatable bonds is 6. The first-order valence-corrected chi connectivity index (χ1v) is 10.4. The van der Waals surface area contributed by atoms with Gasteiger partial charge in [-0.15, -0.1) is 0 Å². The number of hydrogen-bond acceptors (Lipinski definition) is 7. The number of nitrogens with zero attached hydrogens (tertiary/aromatic N) is 3. The normalized spacial score (nSPS) is 17.4. The first-order valence-electron chi connectivity index (χ1n) is 8.52. The molecule has 3 rings (SSSR count). The molecule has 156 valence electrons. The maximum absolute atomic E-state index is 12.8. The summed E-state index contributed by atoms with van der Waals surface area (Å²) in [4.78, 5) is 15.6. The molecule has 0 N–H and O–H groups in total. The Balaban J connectivity index is 1.85. The second-order valence-corrected chi connectivity index (χ2v) is 8.71. The Morgan fingerprint density at radius 2 is 2.07 bits per heavy atom. The monoisotopic (exact) mass is 447 g/mol. The third kappa shape index (κ3) is 4.73. The fraction of sp³-hybridized carbons (Fsp3) is 0.353. The molecule has 0 amide bonds. The van der Waals surface area contributed by atoms with E-state index in [0.29, 0.717) is 36.4 Å². The summed E-state index contributed by atoms with van der Waals surface area (Å²) in [5.74, 6) is -3.30. The van der Waals surface area contributed by atoms with E-state index in [1.165, 1.54) is 12.3 Å². The van der Waals surface area contributed by atoms with Gasteiger partial charge in [0.15, 0.2) is 0 Å². The third-order valence-corrected chi connectivity index (χ3v) is 6.02. The van der Waals surface area contributed by atoms with Crippen LogP contribution in [-0.4, -0.2) is 43.3 Å². The summed E-state index contributed by atoms with van der Waals surface area (Å²) in [6.07, 6.45) is 2.46. The van der Waals surface area contributed by atoms with E-state index >= 15 is 0 Å². The molecule has 2 heterocycles. The summed E-state index contributed by atoms with van der Waals surface area (Å²) in [5.41, 5.74) is -0.419. The smallest absolute Gasteiger partial charge is 0.341 e. The molecule has 0 bridgehead atoms. The van der Waals surface area contributed by atoms with Crippen LogP contribution >= 0.6 is 11.6 Å². The van der Waals surface area contributed by atoms with Crippen LogP contribution in [0.25, 0.3) is 0 Å². The van der Waals surface area contributed by atoms with E-state index in [1.807, 2.05) is 0 Å². The van der Waals surface area contributed by atoms with Crippen molar-refractivity contribution in [1.29, 1.82) is 0 Å². The highest BCUT2D eigenvalue weighted by Crippen LogP contribution is 2.34. The Morgan fingerprint density at radius 3 is 2.69 bits per heavy atom. The molecule has 1 aliphatic heterocycles. The molecule has 1 aromatic carbocycles. The van der Waals surface area contributed by atoms with Gasteiger partial charge in [0.05, 0.1) is 21.4 Å². The molecule has 1 fully saturated rings. The zero-order valence-corrected chi connectivity index (χ0v) is 16.4. The number of ether oxygens (including phenoxy) is 1. The van der Waals surface area contributed by atoms with Gasteiger partial charge in [-0.2, -0.15) is 8.78 Å². The molecule has 8 nitrogen and oxygen atoms in total. The molecule has 1 unspecified atom stereocenters. The van der Waals surface area contributed by atoms with Crippen LogP contribution in [0.4, 0.5) is 20.2 Å². The second-order valence-electron chi connectivity index (χ2n) is 6.36. The fourth-order valence-corrected chi connectivity index (χ4v) is 3.90. The standard InChI is InChI=1S/C17H16ClF2N3O5S/c18-11-3-6-16(21-9-11)28-12-2-1-7-22(10-12)14-5-4-13(8-15(14)23(24)25)29(26,27)17(19)20/h3-6,8-9,12,17H,1-2,7,10H2. The minimum atomic E-state index is -4.94. The Bertz CT molecular complexity index is 1000. The summed E-state index contributed by atoms with van der Waals surface area (Å²) >= 11 is 5.79. The quantitative estimate of drug-likeness (QED) is 0.491. The van der Waals surface area contributed by atoms with Crippen molar-refractivity contribution in [3.05, 3.63) is 51.7 Å². The highest BCUT2D eigenvalue weighted by molar-refractivity contribution is 7.91.